The number of nitrogens with two attached hydrogens (primary N) is 1. The van der Waals surface area contributed by atoms with Crippen molar-refractivity contribution < 1.29 is 24.1 Å². The van der Waals surface area contributed by atoms with Crippen LogP contribution in [0.3, 0.4) is 0 Å². The summed E-state index contributed by atoms with van der Waals surface area (Å²) in [5.41, 5.74) is 7.24. The van der Waals surface area contributed by atoms with E-state index in [9.17, 15) is 9.90 Å². The number of carbonyl (C=O) groups is 1. The molecule has 0 radical (unpaired) electrons. The lowest BCUT2D eigenvalue weighted by atomic mass is 10.1. The third-order valence-corrected chi connectivity index (χ3v) is 4.16. The Hall–Kier alpha value is -2.93. The van der Waals surface area contributed by atoms with E-state index < -0.39 is 0 Å². The monoisotopic (exact) mass is 372 g/mol. The summed E-state index contributed by atoms with van der Waals surface area (Å²) in [5, 5.41) is 12.8. The van der Waals surface area contributed by atoms with Gasteiger partial charge in [0.1, 0.15) is 6.61 Å². The minimum Gasteiger partial charge on any atom is -0.504 e. The van der Waals surface area contributed by atoms with Gasteiger partial charge in [0.25, 0.3) is 0 Å². The Bertz CT molecular complexity index is 794. The van der Waals surface area contributed by atoms with Crippen molar-refractivity contribution in [2.45, 2.75) is 19.3 Å². The molecule has 0 fully saturated rings. The molecule has 0 spiro atoms. The molecule has 144 valence electrons. The summed E-state index contributed by atoms with van der Waals surface area (Å²) in [5.74, 6) is 1.84. The van der Waals surface area contributed by atoms with Crippen LogP contribution < -0.4 is 25.3 Å². The molecule has 1 heterocycles. The maximum atomic E-state index is 12.1. The lowest BCUT2D eigenvalue weighted by Crippen LogP contribution is -2.26. The zero-order chi connectivity index (χ0) is 19.1. The molecule has 0 atom stereocenters. The van der Waals surface area contributed by atoms with E-state index in [4.69, 9.17) is 19.9 Å². The number of benzene rings is 2. The average molecular weight is 372 g/mol. The van der Waals surface area contributed by atoms with Crippen LogP contribution in [0.4, 0.5) is 0 Å². The van der Waals surface area contributed by atoms with Crippen molar-refractivity contribution in [2.75, 3.05) is 26.5 Å². The van der Waals surface area contributed by atoms with Gasteiger partial charge in [-0.3, -0.25) is 4.79 Å². The lowest BCUT2D eigenvalue weighted by molar-refractivity contribution is -0.120. The molecular formula is C20H24N2O5. The number of hydrogen-bond acceptors (Lipinski definition) is 6. The third-order valence-electron chi connectivity index (χ3n) is 4.16. The van der Waals surface area contributed by atoms with Crippen LogP contribution in [0.25, 0.3) is 0 Å². The highest BCUT2D eigenvalue weighted by atomic mass is 16.7. The SMILES string of the molecule is NCCOc1ccc(CC(=O)NCCCc2ccc3c(c2)OCO3)cc1O. The van der Waals surface area contributed by atoms with Crippen LogP contribution in [-0.4, -0.2) is 37.5 Å². The second kappa shape index (κ2) is 9.14. The molecule has 0 saturated heterocycles. The summed E-state index contributed by atoms with van der Waals surface area (Å²) in [7, 11) is 0. The summed E-state index contributed by atoms with van der Waals surface area (Å²) in [6.07, 6.45) is 1.86. The number of hydrogen-bond donors (Lipinski definition) is 3. The van der Waals surface area contributed by atoms with Crippen molar-refractivity contribution in [3.05, 3.63) is 47.5 Å². The van der Waals surface area contributed by atoms with Gasteiger partial charge in [-0.15, -0.1) is 0 Å². The Labute approximate surface area is 158 Å². The van der Waals surface area contributed by atoms with Crippen LogP contribution in [0.1, 0.15) is 17.5 Å². The van der Waals surface area contributed by atoms with Gasteiger partial charge in [0.15, 0.2) is 23.0 Å². The summed E-state index contributed by atoms with van der Waals surface area (Å²) in [6, 6.07) is 10.8. The van der Waals surface area contributed by atoms with Gasteiger partial charge in [0, 0.05) is 13.1 Å². The fourth-order valence-electron chi connectivity index (χ4n) is 2.83. The quantitative estimate of drug-likeness (QED) is 0.580. The summed E-state index contributed by atoms with van der Waals surface area (Å²) < 4.78 is 16.0. The van der Waals surface area contributed by atoms with E-state index in [-0.39, 0.29) is 24.9 Å². The standard InChI is InChI=1S/C20H24N2O5/c21-7-9-25-17-5-4-15(10-16(17)23)12-20(24)22-8-1-2-14-3-6-18-19(11-14)27-13-26-18/h3-6,10-11,23H,1-2,7-9,12-13,21H2,(H,22,24). The number of carbonyl (C=O) groups excluding carboxylic acids is 1. The molecule has 2 aromatic carbocycles. The highest BCUT2D eigenvalue weighted by molar-refractivity contribution is 5.78. The van der Waals surface area contributed by atoms with Gasteiger partial charge in [-0.2, -0.15) is 0 Å². The molecule has 7 nitrogen and oxygen atoms in total. The molecular weight excluding hydrogens is 348 g/mol. The fraction of sp³-hybridized carbons (Fsp3) is 0.350. The second-order valence-electron chi connectivity index (χ2n) is 6.26. The number of nitrogens with one attached hydrogen (secondary N) is 1. The summed E-state index contributed by atoms with van der Waals surface area (Å²) in [6.45, 7) is 1.55. The normalized spacial score (nSPS) is 12.0. The lowest BCUT2D eigenvalue weighted by Gasteiger charge is -2.09. The summed E-state index contributed by atoms with van der Waals surface area (Å²) >= 11 is 0. The number of amides is 1. The molecule has 3 rings (SSSR count). The van der Waals surface area contributed by atoms with Gasteiger partial charge in [-0.25, -0.2) is 0 Å². The Kier molecular flexibility index (Phi) is 6.38. The van der Waals surface area contributed by atoms with Crippen LogP contribution in [0, 0.1) is 0 Å². The van der Waals surface area contributed by atoms with Gasteiger partial charge >= 0.3 is 0 Å². The van der Waals surface area contributed by atoms with Crippen molar-refractivity contribution in [3.8, 4) is 23.0 Å². The highest BCUT2D eigenvalue weighted by Crippen LogP contribution is 2.32. The van der Waals surface area contributed by atoms with E-state index in [0.29, 0.717) is 25.4 Å². The van der Waals surface area contributed by atoms with Gasteiger partial charge in [-0.05, 0) is 48.2 Å². The molecule has 0 unspecified atom stereocenters. The van der Waals surface area contributed by atoms with Crippen LogP contribution in [-0.2, 0) is 17.6 Å². The number of fused-ring (bicyclic) bond motifs is 1. The molecule has 0 aliphatic carbocycles. The predicted molar refractivity (Wildman–Crippen MR) is 100 cm³/mol. The summed E-state index contributed by atoms with van der Waals surface area (Å²) in [4.78, 5) is 12.1. The van der Waals surface area contributed by atoms with Gasteiger partial charge in [0.2, 0.25) is 12.7 Å². The molecule has 1 amide bonds. The Morgan fingerprint density at radius 1 is 1.15 bits per heavy atom. The molecule has 4 N–H and O–H groups in total. The number of phenols is 1. The number of ether oxygens (including phenoxy) is 3. The number of rotatable bonds is 9. The maximum absolute atomic E-state index is 12.1. The molecule has 0 aromatic heterocycles. The Morgan fingerprint density at radius 3 is 2.78 bits per heavy atom. The van der Waals surface area contributed by atoms with E-state index in [1.165, 1.54) is 6.07 Å². The number of aryl methyl sites for hydroxylation is 1. The minimum absolute atomic E-state index is 0.0107. The van der Waals surface area contributed by atoms with Gasteiger partial charge in [0.05, 0.1) is 6.42 Å². The second-order valence-corrected chi connectivity index (χ2v) is 6.26. The minimum atomic E-state index is -0.0873. The number of phenolic OH excluding ortho intramolecular Hbond substituents is 1. The smallest absolute Gasteiger partial charge is 0.231 e. The first-order chi connectivity index (χ1) is 13.2. The molecule has 1 aliphatic rings. The molecule has 1 aliphatic heterocycles. The van der Waals surface area contributed by atoms with Crippen LogP contribution in [0.2, 0.25) is 0 Å². The van der Waals surface area contributed by atoms with Crippen LogP contribution in [0.5, 0.6) is 23.0 Å². The molecule has 0 bridgehead atoms. The molecule has 2 aromatic rings. The van der Waals surface area contributed by atoms with E-state index >= 15 is 0 Å². The number of aromatic hydroxyl groups is 1. The van der Waals surface area contributed by atoms with Crippen LogP contribution in [0.15, 0.2) is 36.4 Å². The first-order valence-electron chi connectivity index (χ1n) is 8.95. The molecule has 7 heteroatoms. The average Bonchev–Trinajstić information content (AvgIpc) is 3.12. The van der Waals surface area contributed by atoms with E-state index in [0.717, 1.165) is 35.5 Å². The molecule has 0 saturated carbocycles. The van der Waals surface area contributed by atoms with Crippen molar-refractivity contribution in [2.24, 2.45) is 5.73 Å². The first-order valence-corrected chi connectivity index (χ1v) is 8.95. The first kappa shape index (κ1) is 18.8. The largest absolute Gasteiger partial charge is 0.504 e. The van der Waals surface area contributed by atoms with Crippen molar-refractivity contribution >= 4 is 5.91 Å². The zero-order valence-electron chi connectivity index (χ0n) is 15.1. The Balaban J connectivity index is 1.40. The predicted octanol–water partition coefficient (Wildman–Crippen LogP) is 1.75. The Morgan fingerprint density at radius 2 is 1.96 bits per heavy atom. The molecule has 27 heavy (non-hydrogen) atoms. The van der Waals surface area contributed by atoms with E-state index in [2.05, 4.69) is 5.32 Å². The highest BCUT2D eigenvalue weighted by Gasteiger charge is 2.13. The zero-order valence-corrected chi connectivity index (χ0v) is 15.1. The fourth-order valence-corrected chi connectivity index (χ4v) is 2.83. The third kappa shape index (κ3) is 5.27. The van der Waals surface area contributed by atoms with Gasteiger partial charge in [-0.1, -0.05) is 12.1 Å². The van der Waals surface area contributed by atoms with Crippen LogP contribution >= 0.6 is 0 Å². The van der Waals surface area contributed by atoms with Gasteiger partial charge < -0.3 is 30.4 Å². The maximum Gasteiger partial charge on any atom is 0.231 e. The van der Waals surface area contributed by atoms with Crippen molar-refractivity contribution in [1.29, 1.82) is 0 Å². The van der Waals surface area contributed by atoms with Crippen molar-refractivity contribution in [3.63, 3.8) is 0 Å². The topological polar surface area (TPSA) is 103 Å². The van der Waals surface area contributed by atoms with Crippen molar-refractivity contribution in [1.82, 2.24) is 5.32 Å². The van der Waals surface area contributed by atoms with E-state index in [1.807, 2.05) is 18.2 Å². The van der Waals surface area contributed by atoms with E-state index in [1.54, 1.807) is 12.1 Å².